The molecular formula is C13H28N2O. The molecule has 0 aromatic heterocycles. The van der Waals surface area contributed by atoms with Crippen LogP contribution in [0.3, 0.4) is 0 Å². The molecule has 0 spiro atoms. The summed E-state index contributed by atoms with van der Waals surface area (Å²) in [5.74, 6) is 0.836. The second kappa shape index (κ2) is 6.58. The molecule has 1 saturated carbocycles. The van der Waals surface area contributed by atoms with Gasteiger partial charge in [0.15, 0.2) is 0 Å². The maximum Gasteiger partial charge on any atom is 0.0445 e. The first-order chi connectivity index (χ1) is 7.69. The molecule has 0 heterocycles. The summed E-state index contributed by atoms with van der Waals surface area (Å²) in [6.45, 7) is 5.43. The van der Waals surface area contributed by atoms with Gasteiger partial charge in [0.2, 0.25) is 0 Å². The predicted octanol–water partition coefficient (Wildman–Crippen LogP) is 1.64. The zero-order valence-corrected chi connectivity index (χ0v) is 10.8. The minimum Gasteiger partial charge on any atom is -0.396 e. The maximum absolute atomic E-state index is 9.03. The Kier molecular flexibility index (Phi) is 5.73. The Balaban J connectivity index is 2.53. The number of nitrogens with two attached hydrogens (primary N) is 1. The van der Waals surface area contributed by atoms with Gasteiger partial charge in [-0.05, 0) is 38.0 Å². The third kappa shape index (κ3) is 3.44. The van der Waals surface area contributed by atoms with Crippen molar-refractivity contribution >= 4 is 0 Å². The normalized spacial score (nSPS) is 31.9. The maximum atomic E-state index is 9.03. The highest BCUT2D eigenvalue weighted by atomic mass is 16.3. The Labute approximate surface area is 99.8 Å². The van der Waals surface area contributed by atoms with Gasteiger partial charge in [0.1, 0.15) is 0 Å². The molecule has 16 heavy (non-hydrogen) atoms. The van der Waals surface area contributed by atoms with Gasteiger partial charge >= 0.3 is 0 Å². The topological polar surface area (TPSA) is 58.3 Å². The van der Waals surface area contributed by atoms with Gasteiger partial charge < -0.3 is 16.2 Å². The van der Waals surface area contributed by atoms with Crippen molar-refractivity contribution in [1.29, 1.82) is 0 Å². The Morgan fingerprint density at radius 2 is 2.25 bits per heavy atom. The average molecular weight is 228 g/mol. The van der Waals surface area contributed by atoms with Crippen LogP contribution in [0.1, 0.15) is 52.4 Å². The van der Waals surface area contributed by atoms with Gasteiger partial charge in [-0.1, -0.05) is 20.3 Å². The lowest BCUT2D eigenvalue weighted by molar-refractivity contribution is 0.224. The van der Waals surface area contributed by atoms with Crippen LogP contribution >= 0.6 is 0 Å². The summed E-state index contributed by atoms with van der Waals surface area (Å²) in [6.07, 6.45) is 6.89. The molecule has 96 valence electrons. The predicted molar refractivity (Wildman–Crippen MR) is 68.3 cm³/mol. The molecule has 1 rings (SSSR count). The molecular weight excluding hydrogens is 200 g/mol. The van der Waals surface area contributed by atoms with Crippen molar-refractivity contribution in [2.75, 3.05) is 13.2 Å². The summed E-state index contributed by atoms with van der Waals surface area (Å²) >= 11 is 0. The monoisotopic (exact) mass is 228 g/mol. The van der Waals surface area contributed by atoms with E-state index in [2.05, 4.69) is 19.2 Å². The van der Waals surface area contributed by atoms with Crippen LogP contribution in [0.5, 0.6) is 0 Å². The van der Waals surface area contributed by atoms with E-state index in [0.717, 1.165) is 25.3 Å². The largest absolute Gasteiger partial charge is 0.396 e. The molecule has 0 saturated heterocycles. The smallest absolute Gasteiger partial charge is 0.0445 e. The van der Waals surface area contributed by atoms with Crippen LogP contribution in [-0.2, 0) is 0 Å². The molecule has 0 aromatic carbocycles. The van der Waals surface area contributed by atoms with E-state index < -0.39 is 0 Å². The van der Waals surface area contributed by atoms with Crippen LogP contribution in [0.4, 0.5) is 0 Å². The summed E-state index contributed by atoms with van der Waals surface area (Å²) in [6, 6.07) is 0.421. The Morgan fingerprint density at radius 3 is 2.69 bits per heavy atom. The molecule has 4 N–H and O–H groups in total. The van der Waals surface area contributed by atoms with Crippen molar-refractivity contribution in [3.05, 3.63) is 0 Å². The SMILES string of the molecule is CCC1CCC(CN)(NC(CC)CCO)C1. The number of aliphatic hydroxyl groups is 1. The highest BCUT2D eigenvalue weighted by molar-refractivity contribution is 4.98. The van der Waals surface area contributed by atoms with Crippen LogP contribution < -0.4 is 11.1 Å². The number of aliphatic hydroxyl groups excluding tert-OH is 1. The van der Waals surface area contributed by atoms with Gasteiger partial charge in [0, 0.05) is 24.7 Å². The van der Waals surface area contributed by atoms with Crippen LogP contribution in [0.2, 0.25) is 0 Å². The number of hydrogen-bond acceptors (Lipinski definition) is 3. The molecule has 1 aliphatic rings. The van der Waals surface area contributed by atoms with Gasteiger partial charge in [0.05, 0.1) is 0 Å². The van der Waals surface area contributed by atoms with E-state index in [0.29, 0.717) is 6.04 Å². The zero-order valence-electron chi connectivity index (χ0n) is 10.8. The van der Waals surface area contributed by atoms with E-state index in [1.165, 1.54) is 25.7 Å². The molecule has 0 bridgehead atoms. The van der Waals surface area contributed by atoms with Crippen LogP contribution in [0.15, 0.2) is 0 Å². The molecule has 3 atom stereocenters. The molecule has 3 nitrogen and oxygen atoms in total. The van der Waals surface area contributed by atoms with Gasteiger partial charge in [-0.3, -0.25) is 0 Å². The zero-order chi connectivity index (χ0) is 12.0. The van der Waals surface area contributed by atoms with Crippen LogP contribution in [0, 0.1) is 5.92 Å². The average Bonchev–Trinajstić information content (AvgIpc) is 2.73. The Bertz CT molecular complexity index is 198. The highest BCUT2D eigenvalue weighted by Crippen LogP contribution is 2.36. The van der Waals surface area contributed by atoms with E-state index in [4.69, 9.17) is 10.8 Å². The van der Waals surface area contributed by atoms with Crippen molar-refractivity contribution < 1.29 is 5.11 Å². The fraction of sp³-hybridized carbons (Fsp3) is 1.00. The molecule has 1 aliphatic carbocycles. The van der Waals surface area contributed by atoms with E-state index >= 15 is 0 Å². The lowest BCUT2D eigenvalue weighted by Crippen LogP contribution is -2.53. The third-order valence-corrected chi connectivity index (χ3v) is 4.16. The van der Waals surface area contributed by atoms with Crippen LogP contribution in [-0.4, -0.2) is 29.8 Å². The molecule has 3 unspecified atom stereocenters. The summed E-state index contributed by atoms with van der Waals surface area (Å²) < 4.78 is 0. The summed E-state index contributed by atoms with van der Waals surface area (Å²) in [5.41, 5.74) is 6.11. The standard InChI is InChI=1S/C13H28N2O/c1-3-11-5-7-13(9-11,10-14)15-12(4-2)6-8-16/h11-12,15-16H,3-10,14H2,1-2H3. The summed E-state index contributed by atoms with van der Waals surface area (Å²) in [7, 11) is 0. The molecule has 3 heteroatoms. The van der Waals surface area contributed by atoms with Crippen molar-refractivity contribution in [3.63, 3.8) is 0 Å². The molecule has 0 aliphatic heterocycles. The number of hydrogen-bond donors (Lipinski definition) is 3. The van der Waals surface area contributed by atoms with Gasteiger partial charge in [-0.15, -0.1) is 0 Å². The highest BCUT2D eigenvalue weighted by Gasteiger charge is 2.38. The van der Waals surface area contributed by atoms with Gasteiger partial charge in [0.25, 0.3) is 0 Å². The van der Waals surface area contributed by atoms with E-state index in [9.17, 15) is 0 Å². The summed E-state index contributed by atoms with van der Waals surface area (Å²) in [5, 5.41) is 12.7. The minimum atomic E-state index is 0.149. The third-order valence-electron chi connectivity index (χ3n) is 4.16. The first-order valence-corrected chi connectivity index (χ1v) is 6.78. The van der Waals surface area contributed by atoms with Gasteiger partial charge in [-0.2, -0.15) is 0 Å². The van der Waals surface area contributed by atoms with E-state index in [-0.39, 0.29) is 12.1 Å². The molecule has 1 fully saturated rings. The number of rotatable bonds is 7. The first-order valence-electron chi connectivity index (χ1n) is 6.78. The summed E-state index contributed by atoms with van der Waals surface area (Å²) in [4.78, 5) is 0. The lowest BCUT2D eigenvalue weighted by atomic mass is 9.93. The Hall–Kier alpha value is -0.120. The molecule has 0 radical (unpaired) electrons. The fourth-order valence-corrected chi connectivity index (χ4v) is 2.93. The quantitative estimate of drug-likeness (QED) is 0.621. The molecule has 0 amide bonds. The Morgan fingerprint density at radius 1 is 1.50 bits per heavy atom. The van der Waals surface area contributed by atoms with Crippen LogP contribution in [0.25, 0.3) is 0 Å². The van der Waals surface area contributed by atoms with Crippen molar-refractivity contribution in [3.8, 4) is 0 Å². The fourth-order valence-electron chi connectivity index (χ4n) is 2.93. The lowest BCUT2D eigenvalue weighted by Gasteiger charge is -2.34. The van der Waals surface area contributed by atoms with E-state index in [1.807, 2.05) is 0 Å². The minimum absolute atomic E-state index is 0.149. The second-order valence-electron chi connectivity index (χ2n) is 5.26. The molecule has 0 aromatic rings. The van der Waals surface area contributed by atoms with Crippen molar-refractivity contribution in [2.24, 2.45) is 11.7 Å². The van der Waals surface area contributed by atoms with E-state index in [1.54, 1.807) is 0 Å². The van der Waals surface area contributed by atoms with Crippen molar-refractivity contribution in [1.82, 2.24) is 5.32 Å². The second-order valence-corrected chi connectivity index (χ2v) is 5.26. The number of nitrogens with one attached hydrogen (secondary N) is 1. The van der Waals surface area contributed by atoms with Gasteiger partial charge in [-0.25, -0.2) is 0 Å². The first kappa shape index (κ1) is 13.9. The van der Waals surface area contributed by atoms with Crippen molar-refractivity contribution in [2.45, 2.75) is 64.0 Å².